The molecule has 0 aliphatic carbocycles. The first-order valence-corrected chi connectivity index (χ1v) is 5.41. The van der Waals surface area contributed by atoms with Crippen molar-refractivity contribution in [1.29, 1.82) is 0 Å². The molecular formula is C10H7Cl3N2. The molecule has 0 saturated heterocycles. The van der Waals surface area contributed by atoms with Crippen molar-refractivity contribution < 1.29 is 0 Å². The molecule has 0 radical (unpaired) electrons. The zero-order valence-corrected chi connectivity index (χ0v) is 9.89. The van der Waals surface area contributed by atoms with E-state index in [-0.39, 0.29) is 0 Å². The molecule has 0 saturated carbocycles. The summed E-state index contributed by atoms with van der Waals surface area (Å²) in [5, 5.41) is 5.92. The largest absolute Gasteiger partial charge is 0.267 e. The Kier molecular flexibility index (Phi) is 3.19. The van der Waals surface area contributed by atoms with Crippen LogP contribution in [0.3, 0.4) is 0 Å². The Labute approximate surface area is 102 Å². The second-order valence-corrected chi connectivity index (χ2v) is 4.31. The Bertz CT molecular complexity index is 459. The van der Waals surface area contributed by atoms with E-state index in [4.69, 9.17) is 34.8 Å². The summed E-state index contributed by atoms with van der Waals surface area (Å²) in [7, 11) is 0. The quantitative estimate of drug-likeness (QED) is 0.802. The van der Waals surface area contributed by atoms with Crippen LogP contribution in [0.5, 0.6) is 0 Å². The van der Waals surface area contributed by atoms with Crippen molar-refractivity contribution >= 4 is 34.8 Å². The molecule has 5 heteroatoms. The third-order valence-electron chi connectivity index (χ3n) is 1.98. The van der Waals surface area contributed by atoms with E-state index in [2.05, 4.69) is 5.10 Å². The summed E-state index contributed by atoms with van der Waals surface area (Å²) in [5.41, 5.74) is 0.848. The maximum atomic E-state index is 6.03. The lowest BCUT2D eigenvalue weighted by atomic mass is 10.2. The number of rotatable bonds is 2. The molecule has 0 atom stereocenters. The van der Waals surface area contributed by atoms with Gasteiger partial charge in [-0.2, -0.15) is 5.10 Å². The number of nitrogens with zero attached hydrogens (tertiary/aromatic N) is 2. The standard InChI is InChI=1S/C10H7Cl3N2/c11-7-4-14-15(5-7)6-8-9(12)2-1-3-10(8)13/h1-5H,6H2. The second kappa shape index (κ2) is 4.44. The molecule has 0 N–H and O–H groups in total. The Balaban J connectivity index is 2.31. The van der Waals surface area contributed by atoms with Gasteiger partial charge in [0, 0.05) is 21.8 Å². The summed E-state index contributed by atoms with van der Waals surface area (Å²) in [5.74, 6) is 0. The second-order valence-electron chi connectivity index (χ2n) is 3.06. The van der Waals surface area contributed by atoms with E-state index in [1.54, 1.807) is 29.2 Å². The third kappa shape index (κ3) is 2.46. The molecule has 0 bridgehead atoms. The zero-order valence-electron chi connectivity index (χ0n) is 7.62. The number of halogens is 3. The van der Waals surface area contributed by atoms with Gasteiger partial charge in [0.25, 0.3) is 0 Å². The first-order valence-electron chi connectivity index (χ1n) is 4.27. The molecule has 0 aliphatic heterocycles. The number of benzene rings is 1. The zero-order chi connectivity index (χ0) is 10.8. The van der Waals surface area contributed by atoms with Crippen LogP contribution in [0.2, 0.25) is 15.1 Å². The van der Waals surface area contributed by atoms with Gasteiger partial charge in [-0.25, -0.2) is 0 Å². The lowest BCUT2D eigenvalue weighted by molar-refractivity contribution is 0.687. The fourth-order valence-corrected chi connectivity index (χ4v) is 1.94. The normalized spacial score (nSPS) is 10.6. The molecule has 1 aromatic heterocycles. The maximum absolute atomic E-state index is 6.03. The van der Waals surface area contributed by atoms with E-state index >= 15 is 0 Å². The van der Waals surface area contributed by atoms with Crippen LogP contribution >= 0.6 is 34.8 Å². The number of hydrogen-bond acceptors (Lipinski definition) is 1. The predicted octanol–water partition coefficient (Wildman–Crippen LogP) is 3.89. The van der Waals surface area contributed by atoms with E-state index in [9.17, 15) is 0 Å². The van der Waals surface area contributed by atoms with Crippen LogP contribution in [0.15, 0.2) is 30.6 Å². The minimum absolute atomic E-state index is 0.519. The molecule has 2 rings (SSSR count). The van der Waals surface area contributed by atoms with Gasteiger partial charge in [0.15, 0.2) is 0 Å². The first kappa shape index (κ1) is 10.8. The van der Waals surface area contributed by atoms with Gasteiger partial charge in [-0.3, -0.25) is 4.68 Å². The Hall–Kier alpha value is -0.700. The topological polar surface area (TPSA) is 17.8 Å². The summed E-state index contributed by atoms with van der Waals surface area (Å²) in [4.78, 5) is 0. The number of aromatic nitrogens is 2. The van der Waals surface area contributed by atoms with Crippen molar-refractivity contribution in [2.24, 2.45) is 0 Å². The lowest BCUT2D eigenvalue weighted by Gasteiger charge is -2.06. The van der Waals surface area contributed by atoms with Gasteiger partial charge in [0.1, 0.15) is 0 Å². The Morgan fingerprint density at radius 3 is 2.33 bits per heavy atom. The first-order chi connectivity index (χ1) is 7.16. The highest BCUT2D eigenvalue weighted by molar-refractivity contribution is 6.36. The van der Waals surface area contributed by atoms with Crippen molar-refractivity contribution in [3.8, 4) is 0 Å². The van der Waals surface area contributed by atoms with Crippen LogP contribution in [0.1, 0.15) is 5.56 Å². The van der Waals surface area contributed by atoms with E-state index in [0.29, 0.717) is 21.6 Å². The average molecular weight is 262 g/mol. The van der Waals surface area contributed by atoms with Crippen LogP contribution in [0.25, 0.3) is 0 Å². The minimum Gasteiger partial charge on any atom is -0.267 e. The third-order valence-corrected chi connectivity index (χ3v) is 2.89. The molecular weight excluding hydrogens is 254 g/mol. The Morgan fingerprint density at radius 1 is 1.13 bits per heavy atom. The molecule has 0 unspecified atom stereocenters. The van der Waals surface area contributed by atoms with E-state index < -0.39 is 0 Å². The van der Waals surface area contributed by atoms with Gasteiger partial charge < -0.3 is 0 Å². The molecule has 2 nitrogen and oxygen atoms in total. The summed E-state index contributed by atoms with van der Waals surface area (Å²) >= 11 is 17.8. The molecule has 2 aromatic rings. The smallest absolute Gasteiger partial charge is 0.0785 e. The maximum Gasteiger partial charge on any atom is 0.0785 e. The fourth-order valence-electron chi connectivity index (χ4n) is 1.27. The highest BCUT2D eigenvalue weighted by Gasteiger charge is 2.06. The average Bonchev–Trinajstić information content (AvgIpc) is 2.58. The summed E-state index contributed by atoms with van der Waals surface area (Å²) < 4.78 is 1.69. The lowest BCUT2D eigenvalue weighted by Crippen LogP contribution is -2.01. The highest BCUT2D eigenvalue weighted by Crippen LogP contribution is 2.25. The van der Waals surface area contributed by atoms with Crippen LogP contribution in [0, 0.1) is 0 Å². The molecule has 0 aliphatic rings. The molecule has 15 heavy (non-hydrogen) atoms. The monoisotopic (exact) mass is 260 g/mol. The summed E-state index contributed by atoms with van der Waals surface area (Å²) in [6.07, 6.45) is 3.30. The Morgan fingerprint density at radius 2 is 1.80 bits per heavy atom. The SMILES string of the molecule is Clc1cnn(Cc2c(Cl)cccc2Cl)c1. The minimum atomic E-state index is 0.519. The fraction of sp³-hybridized carbons (Fsp3) is 0.100. The van der Waals surface area contributed by atoms with Crippen molar-refractivity contribution in [3.63, 3.8) is 0 Å². The van der Waals surface area contributed by atoms with E-state index in [0.717, 1.165) is 5.56 Å². The van der Waals surface area contributed by atoms with Crippen molar-refractivity contribution in [1.82, 2.24) is 9.78 Å². The molecule has 0 amide bonds. The van der Waals surface area contributed by atoms with Gasteiger partial charge in [0.2, 0.25) is 0 Å². The van der Waals surface area contributed by atoms with Crippen molar-refractivity contribution in [2.75, 3.05) is 0 Å². The van der Waals surface area contributed by atoms with E-state index in [1.165, 1.54) is 0 Å². The van der Waals surface area contributed by atoms with Crippen LogP contribution in [-0.2, 0) is 6.54 Å². The van der Waals surface area contributed by atoms with Crippen molar-refractivity contribution in [3.05, 3.63) is 51.2 Å². The van der Waals surface area contributed by atoms with Crippen molar-refractivity contribution in [2.45, 2.75) is 6.54 Å². The summed E-state index contributed by atoms with van der Waals surface area (Å²) in [6.45, 7) is 0.519. The highest BCUT2D eigenvalue weighted by atomic mass is 35.5. The summed E-state index contributed by atoms with van der Waals surface area (Å²) in [6, 6.07) is 5.41. The molecule has 78 valence electrons. The van der Waals surface area contributed by atoms with Gasteiger partial charge in [-0.1, -0.05) is 40.9 Å². The van der Waals surface area contributed by atoms with Crippen LogP contribution in [0.4, 0.5) is 0 Å². The van der Waals surface area contributed by atoms with Gasteiger partial charge >= 0.3 is 0 Å². The van der Waals surface area contributed by atoms with Crippen LogP contribution in [-0.4, -0.2) is 9.78 Å². The molecule has 1 heterocycles. The van der Waals surface area contributed by atoms with Crippen LogP contribution < -0.4 is 0 Å². The van der Waals surface area contributed by atoms with Gasteiger partial charge in [0.05, 0.1) is 17.8 Å². The van der Waals surface area contributed by atoms with E-state index in [1.807, 2.05) is 6.07 Å². The molecule has 0 fully saturated rings. The van der Waals surface area contributed by atoms with Gasteiger partial charge in [-0.05, 0) is 12.1 Å². The van der Waals surface area contributed by atoms with Gasteiger partial charge in [-0.15, -0.1) is 0 Å². The predicted molar refractivity (Wildman–Crippen MR) is 62.8 cm³/mol. The number of hydrogen-bond donors (Lipinski definition) is 0. The molecule has 1 aromatic carbocycles. The molecule has 0 spiro atoms.